The fraction of sp³-hybridized carbons (Fsp3) is 0.412. The zero-order valence-corrected chi connectivity index (χ0v) is 13.4. The molecule has 1 fully saturated rings. The Morgan fingerprint density at radius 2 is 2.22 bits per heavy atom. The minimum Gasteiger partial charge on any atom is -0.443 e. The molecule has 1 heterocycles. The lowest BCUT2D eigenvalue weighted by Gasteiger charge is -2.25. The van der Waals surface area contributed by atoms with Crippen molar-refractivity contribution in [1.29, 1.82) is 0 Å². The molecule has 1 aliphatic rings. The number of oxazole rings is 1. The molecule has 2 N–H and O–H groups in total. The van der Waals surface area contributed by atoms with Crippen molar-refractivity contribution in [2.24, 2.45) is 5.92 Å². The quantitative estimate of drug-likeness (QED) is 0.899. The number of carbonyl (C=O) groups is 1. The van der Waals surface area contributed by atoms with E-state index in [0.717, 1.165) is 25.7 Å². The maximum Gasteiger partial charge on any atom is 0.273 e. The first-order valence-electron chi connectivity index (χ1n) is 7.80. The number of aliphatic hydroxyl groups excluding tert-OH is 1. The lowest BCUT2D eigenvalue weighted by atomic mass is 9.87. The molecule has 1 saturated carbocycles. The third-order valence-electron chi connectivity index (χ3n) is 4.21. The van der Waals surface area contributed by atoms with E-state index < -0.39 is 0 Å². The van der Waals surface area contributed by atoms with Gasteiger partial charge in [0.25, 0.3) is 5.91 Å². The van der Waals surface area contributed by atoms with Gasteiger partial charge < -0.3 is 14.8 Å². The van der Waals surface area contributed by atoms with Crippen LogP contribution in [0.15, 0.2) is 35.1 Å². The molecule has 1 aliphatic carbocycles. The molecule has 0 radical (unpaired) electrons. The second kappa shape index (κ2) is 7.15. The lowest BCUT2D eigenvalue weighted by molar-refractivity contribution is 0.0871. The normalized spacial score (nSPS) is 21.1. The molecule has 2 atom stereocenters. The van der Waals surface area contributed by atoms with Gasteiger partial charge >= 0.3 is 0 Å². The molecule has 5 nitrogen and oxygen atoms in total. The average molecular weight is 335 g/mol. The Hall–Kier alpha value is -1.85. The van der Waals surface area contributed by atoms with Crippen molar-refractivity contribution in [3.8, 4) is 11.3 Å². The zero-order chi connectivity index (χ0) is 16.2. The highest BCUT2D eigenvalue weighted by Gasteiger charge is 2.23. The Bertz CT molecular complexity index is 686. The van der Waals surface area contributed by atoms with Crippen molar-refractivity contribution in [2.75, 3.05) is 6.54 Å². The number of aromatic nitrogens is 1. The molecule has 1 aromatic heterocycles. The van der Waals surface area contributed by atoms with Crippen LogP contribution in [0.2, 0.25) is 5.02 Å². The number of hydrogen-bond acceptors (Lipinski definition) is 4. The molecule has 2 aromatic rings. The van der Waals surface area contributed by atoms with Gasteiger partial charge in [-0.3, -0.25) is 4.79 Å². The minimum atomic E-state index is -0.284. The van der Waals surface area contributed by atoms with Gasteiger partial charge in [-0.05, 0) is 37.3 Å². The third kappa shape index (κ3) is 3.74. The summed E-state index contributed by atoms with van der Waals surface area (Å²) in [7, 11) is 0. The summed E-state index contributed by atoms with van der Waals surface area (Å²) in [6.07, 6.45) is 4.60. The van der Waals surface area contributed by atoms with Crippen molar-refractivity contribution < 1.29 is 14.3 Å². The Balaban J connectivity index is 1.69. The van der Waals surface area contributed by atoms with Crippen LogP contribution in [0.5, 0.6) is 0 Å². The van der Waals surface area contributed by atoms with Gasteiger partial charge in [-0.25, -0.2) is 4.98 Å². The van der Waals surface area contributed by atoms with E-state index in [1.165, 1.54) is 6.39 Å². The highest BCUT2D eigenvalue weighted by Crippen LogP contribution is 2.30. The fourth-order valence-corrected chi connectivity index (χ4v) is 3.23. The molecular weight excluding hydrogens is 316 g/mol. The van der Waals surface area contributed by atoms with E-state index in [4.69, 9.17) is 16.0 Å². The first kappa shape index (κ1) is 16.0. The highest BCUT2D eigenvalue weighted by atomic mass is 35.5. The number of amides is 1. The smallest absolute Gasteiger partial charge is 0.273 e. The van der Waals surface area contributed by atoms with Crippen LogP contribution in [0.1, 0.15) is 36.2 Å². The van der Waals surface area contributed by atoms with Crippen molar-refractivity contribution in [1.82, 2.24) is 10.3 Å². The number of carbonyl (C=O) groups excluding carboxylic acids is 1. The molecule has 0 spiro atoms. The van der Waals surface area contributed by atoms with Crippen LogP contribution in [-0.2, 0) is 0 Å². The van der Waals surface area contributed by atoms with Gasteiger partial charge in [0.15, 0.2) is 17.8 Å². The number of benzene rings is 1. The topological polar surface area (TPSA) is 75.4 Å². The first-order valence-corrected chi connectivity index (χ1v) is 8.17. The first-order chi connectivity index (χ1) is 11.1. The Labute approximate surface area is 139 Å². The average Bonchev–Trinajstić information content (AvgIpc) is 3.02. The molecule has 0 aliphatic heterocycles. The summed E-state index contributed by atoms with van der Waals surface area (Å²) in [5, 5.41) is 13.1. The minimum absolute atomic E-state index is 0.231. The number of rotatable bonds is 4. The van der Waals surface area contributed by atoms with Gasteiger partial charge in [0, 0.05) is 12.1 Å². The second-order valence-electron chi connectivity index (χ2n) is 5.91. The van der Waals surface area contributed by atoms with E-state index in [9.17, 15) is 9.90 Å². The molecule has 2 unspecified atom stereocenters. The standard InChI is InChI=1S/C17H19ClN2O3/c18-14-7-2-1-6-13(14)16-15(20-10-23-16)17(22)19-9-11-4-3-5-12(21)8-11/h1-2,6-7,10-12,21H,3-5,8-9H2,(H,19,22). The lowest BCUT2D eigenvalue weighted by Crippen LogP contribution is -2.33. The van der Waals surface area contributed by atoms with E-state index in [2.05, 4.69) is 10.3 Å². The van der Waals surface area contributed by atoms with Crippen LogP contribution in [0.4, 0.5) is 0 Å². The zero-order valence-electron chi connectivity index (χ0n) is 12.7. The largest absolute Gasteiger partial charge is 0.443 e. The molecule has 6 heteroatoms. The maximum atomic E-state index is 12.4. The Kier molecular flexibility index (Phi) is 4.98. The summed E-state index contributed by atoms with van der Waals surface area (Å²) in [5.41, 5.74) is 0.874. The van der Waals surface area contributed by atoms with Gasteiger partial charge in [0.2, 0.25) is 0 Å². The van der Waals surface area contributed by atoms with Gasteiger partial charge in [0.1, 0.15) is 0 Å². The SMILES string of the molecule is O=C(NCC1CCCC(O)C1)c1ncoc1-c1ccccc1Cl. The fourth-order valence-electron chi connectivity index (χ4n) is 3.01. The van der Waals surface area contributed by atoms with E-state index in [1.54, 1.807) is 12.1 Å². The summed E-state index contributed by atoms with van der Waals surface area (Å²) < 4.78 is 5.37. The molecule has 0 bridgehead atoms. The molecular formula is C17H19ClN2O3. The number of nitrogens with zero attached hydrogens (tertiary/aromatic N) is 1. The second-order valence-corrected chi connectivity index (χ2v) is 6.31. The molecule has 23 heavy (non-hydrogen) atoms. The number of nitrogens with one attached hydrogen (secondary N) is 1. The van der Waals surface area contributed by atoms with E-state index in [1.807, 2.05) is 12.1 Å². The Morgan fingerprint density at radius 3 is 3.00 bits per heavy atom. The summed E-state index contributed by atoms with van der Waals surface area (Å²) in [6.45, 7) is 0.532. The van der Waals surface area contributed by atoms with Gasteiger partial charge in [-0.1, -0.05) is 30.2 Å². The van der Waals surface area contributed by atoms with Crippen LogP contribution in [0.3, 0.4) is 0 Å². The predicted molar refractivity (Wildman–Crippen MR) is 87.2 cm³/mol. The van der Waals surface area contributed by atoms with Gasteiger partial charge in [-0.15, -0.1) is 0 Å². The van der Waals surface area contributed by atoms with Crippen LogP contribution >= 0.6 is 11.6 Å². The summed E-state index contributed by atoms with van der Waals surface area (Å²) in [4.78, 5) is 16.4. The van der Waals surface area contributed by atoms with E-state index in [0.29, 0.717) is 28.8 Å². The summed E-state index contributed by atoms with van der Waals surface area (Å²) >= 11 is 6.16. The number of hydrogen-bond donors (Lipinski definition) is 2. The molecule has 1 amide bonds. The van der Waals surface area contributed by atoms with Crippen LogP contribution in [-0.4, -0.2) is 28.6 Å². The van der Waals surface area contributed by atoms with Crippen molar-refractivity contribution in [3.63, 3.8) is 0 Å². The van der Waals surface area contributed by atoms with Crippen LogP contribution < -0.4 is 5.32 Å². The van der Waals surface area contributed by atoms with Crippen molar-refractivity contribution in [2.45, 2.75) is 31.8 Å². The summed E-state index contributed by atoms with van der Waals surface area (Å²) in [6, 6.07) is 7.17. The number of halogens is 1. The third-order valence-corrected chi connectivity index (χ3v) is 4.54. The Morgan fingerprint density at radius 1 is 1.39 bits per heavy atom. The van der Waals surface area contributed by atoms with E-state index >= 15 is 0 Å². The molecule has 122 valence electrons. The van der Waals surface area contributed by atoms with Gasteiger partial charge in [0.05, 0.1) is 11.1 Å². The molecule has 0 saturated heterocycles. The monoisotopic (exact) mass is 334 g/mol. The summed E-state index contributed by atoms with van der Waals surface area (Å²) in [5.74, 6) is 0.392. The van der Waals surface area contributed by atoms with Crippen molar-refractivity contribution >= 4 is 17.5 Å². The van der Waals surface area contributed by atoms with Crippen LogP contribution in [0.25, 0.3) is 11.3 Å². The van der Waals surface area contributed by atoms with E-state index in [-0.39, 0.29) is 17.7 Å². The molecule has 3 rings (SSSR count). The highest BCUT2D eigenvalue weighted by molar-refractivity contribution is 6.33. The number of aliphatic hydroxyl groups is 1. The maximum absolute atomic E-state index is 12.4. The molecule has 1 aromatic carbocycles. The van der Waals surface area contributed by atoms with Crippen molar-refractivity contribution in [3.05, 3.63) is 41.4 Å². The van der Waals surface area contributed by atoms with Gasteiger partial charge in [-0.2, -0.15) is 0 Å². The van der Waals surface area contributed by atoms with Crippen LogP contribution in [0, 0.1) is 5.92 Å². The predicted octanol–water partition coefficient (Wildman–Crippen LogP) is 3.28.